The molecule has 0 saturated heterocycles. The van der Waals surface area contributed by atoms with E-state index in [1.807, 2.05) is 11.4 Å². The van der Waals surface area contributed by atoms with Crippen LogP contribution in [0.2, 0.25) is 0 Å². The standard InChI is InChI=1S/C17H18N2O2S/c20-15-7-6-12-13(18-15)2-1-3-14(12)19-17(21)16-11(8-9-22-16)10-4-5-10/h6-10,14H,1-5H2,(H,18,20)(H,19,21)/t14-/m1/s1. The Labute approximate surface area is 132 Å². The lowest BCUT2D eigenvalue weighted by Crippen LogP contribution is -2.32. The van der Waals surface area contributed by atoms with E-state index in [0.29, 0.717) is 5.92 Å². The second-order valence-electron chi connectivity index (χ2n) is 6.15. The molecular weight excluding hydrogens is 296 g/mol. The molecule has 4 rings (SSSR count). The van der Waals surface area contributed by atoms with Crippen LogP contribution in [0, 0.1) is 0 Å². The van der Waals surface area contributed by atoms with Crippen LogP contribution in [-0.2, 0) is 6.42 Å². The number of nitrogens with one attached hydrogen (secondary N) is 2. The molecule has 0 spiro atoms. The molecule has 1 atom stereocenters. The first-order chi connectivity index (χ1) is 10.7. The van der Waals surface area contributed by atoms with E-state index in [1.54, 1.807) is 6.07 Å². The Morgan fingerprint density at radius 2 is 2.05 bits per heavy atom. The van der Waals surface area contributed by atoms with Gasteiger partial charge in [-0.3, -0.25) is 9.59 Å². The molecule has 0 bridgehead atoms. The third-order valence-electron chi connectivity index (χ3n) is 4.56. The van der Waals surface area contributed by atoms with Crippen molar-refractivity contribution in [1.82, 2.24) is 10.3 Å². The molecule has 0 radical (unpaired) electrons. The number of hydrogen-bond acceptors (Lipinski definition) is 3. The smallest absolute Gasteiger partial charge is 0.262 e. The Kier molecular flexibility index (Phi) is 3.37. The molecule has 1 fully saturated rings. The molecule has 4 nitrogen and oxygen atoms in total. The lowest BCUT2D eigenvalue weighted by atomic mass is 9.91. The highest BCUT2D eigenvalue weighted by molar-refractivity contribution is 7.12. The maximum absolute atomic E-state index is 12.6. The van der Waals surface area contributed by atoms with Crippen molar-refractivity contribution in [3.05, 3.63) is 55.6 Å². The molecule has 1 amide bonds. The number of fused-ring (bicyclic) bond motifs is 1. The first-order valence-corrected chi connectivity index (χ1v) is 8.70. The summed E-state index contributed by atoms with van der Waals surface area (Å²) in [5, 5.41) is 5.18. The van der Waals surface area contributed by atoms with Crippen LogP contribution in [0.15, 0.2) is 28.4 Å². The zero-order valence-electron chi connectivity index (χ0n) is 12.2. The van der Waals surface area contributed by atoms with E-state index in [1.165, 1.54) is 29.7 Å². The van der Waals surface area contributed by atoms with E-state index in [0.717, 1.165) is 35.4 Å². The van der Waals surface area contributed by atoms with Gasteiger partial charge in [0.2, 0.25) is 5.56 Å². The normalized spacial score (nSPS) is 20.5. The number of thiophene rings is 1. The Morgan fingerprint density at radius 3 is 2.86 bits per heavy atom. The monoisotopic (exact) mass is 314 g/mol. The van der Waals surface area contributed by atoms with Crippen molar-refractivity contribution in [3.63, 3.8) is 0 Å². The van der Waals surface area contributed by atoms with Crippen LogP contribution in [0.4, 0.5) is 0 Å². The van der Waals surface area contributed by atoms with Crippen LogP contribution in [0.1, 0.15) is 64.1 Å². The second kappa shape index (κ2) is 5.39. The molecule has 2 aliphatic carbocycles. The highest BCUT2D eigenvalue weighted by Crippen LogP contribution is 2.43. The predicted molar refractivity (Wildman–Crippen MR) is 86.5 cm³/mol. The summed E-state index contributed by atoms with van der Waals surface area (Å²) in [6.45, 7) is 0. The van der Waals surface area contributed by atoms with Crippen molar-refractivity contribution in [3.8, 4) is 0 Å². The van der Waals surface area contributed by atoms with Crippen LogP contribution in [0.3, 0.4) is 0 Å². The fourth-order valence-corrected chi connectivity index (χ4v) is 4.18. The Hall–Kier alpha value is -1.88. The zero-order chi connectivity index (χ0) is 15.1. The van der Waals surface area contributed by atoms with Crippen LogP contribution in [0.25, 0.3) is 0 Å². The van der Waals surface area contributed by atoms with Crippen LogP contribution in [0.5, 0.6) is 0 Å². The number of pyridine rings is 1. The van der Waals surface area contributed by atoms with E-state index in [-0.39, 0.29) is 17.5 Å². The average Bonchev–Trinajstić information content (AvgIpc) is 3.24. The summed E-state index contributed by atoms with van der Waals surface area (Å²) in [7, 11) is 0. The quantitative estimate of drug-likeness (QED) is 0.914. The van der Waals surface area contributed by atoms with Crippen molar-refractivity contribution in [1.29, 1.82) is 0 Å². The second-order valence-corrected chi connectivity index (χ2v) is 7.07. The van der Waals surface area contributed by atoms with Crippen LogP contribution >= 0.6 is 11.3 Å². The van der Waals surface area contributed by atoms with Gasteiger partial charge in [0.1, 0.15) is 0 Å². The van der Waals surface area contributed by atoms with Crippen molar-refractivity contribution in [2.24, 2.45) is 0 Å². The highest BCUT2D eigenvalue weighted by Gasteiger charge is 2.30. The predicted octanol–water partition coefficient (Wildman–Crippen LogP) is 3.12. The van der Waals surface area contributed by atoms with Gasteiger partial charge < -0.3 is 10.3 Å². The maximum Gasteiger partial charge on any atom is 0.262 e. The van der Waals surface area contributed by atoms with Crippen LogP contribution in [-0.4, -0.2) is 10.9 Å². The molecule has 1 saturated carbocycles. The van der Waals surface area contributed by atoms with Gasteiger partial charge in [0, 0.05) is 11.8 Å². The first kappa shape index (κ1) is 13.8. The minimum Gasteiger partial charge on any atom is -0.344 e. The van der Waals surface area contributed by atoms with Crippen molar-refractivity contribution in [2.75, 3.05) is 0 Å². The molecular formula is C17H18N2O2S. The van der Waals surface area contributed by atoms with Crippen molar-refractivity contribution >= 4 is 17.2 Å². The van der Waals surface area contributed by atoms with Gasteiger partial charge >= 0.3 is 0 Å². The van der Waals surface area contributed by atoms with E-state index >= 15 is 0 Å². The van der Waals surface area contributed by atoms with Gasteiger partial charge in [-0.2, -0.15) is 0 Å². The number of H-pyrrole nitrogens is 1. The molecule has 5 heteroatoms. The van der Waals surface area contributed by atoms with Gasteiger partial charge in [0.05, 0.1) is 10.9 Å². The molecule has 2 aromatic rings. The minimum atomic E-state index is -0.0694. The molecule has 2 aromatic heterocycles. The van der Waals surface area contributed by atoms with E-state index in [4.69, 9.17) is 0 Å². The van der Waals surface area contributed by atoms with Gasteiger partial charge in [-0.25, -0.2) is 0 Å². The molecule has 114 valence electrons. The number of hydrogen-bond donors (Lipinski definition) is 2. The van der Waals surface area contributed by atoms with E-state index in [2.05, 4.69) is 16.4 Å². The maximum atomic E-state index is 12.6. The van der Waals surface area contributed by atoms with Gasteiger partial charge in [0.15, 0.2) is 0 Å². The van der Waals surface area contributed by atoms with Gasteiger partial charge in [-0.15, -0.1) is 11.3 Å². The summed E-state index contributed by atoms with van der Waals surface area (Å²) in [6.07, 6.45) is 5.19. The average molecular weight is 314 g/mol. The SMILES string of the molecule is O=C(N[C@@H]1CCCc2[nH]c(=O)ccc21)c1sccc1C1CC1. The van der Waals surface area contributed by atoms with Gasteiger partial charge in [0.25, 0.3) is 5.91 Å². The summed E-state index contributed by atoms with van der Waals surface area (Å²) in [5.41, 5.74) is 3.17. The lowest BCUT2D eigenvalue weighted by molar-refractivity contribution is 0.0936. The topological polar surface area (TPSA) is 62.0 Å². The molecule has 2 heterocycles. The van der Waals surface area contributed by atoms with Crippen LogP contribution < -0.4 is 10.9 Å². The number of aromatic nitrogens is 1. The molecule has 0 aromatic carbocycles. The number of carbonyl (C=O) groups excluding carboxylic acids is 1. The number of carbonyl (C=O) groups is 1. The summed E-state index contributed by atoms with van der Waals surface area (Å²) in [6, 6.07) is 5.49. The molecule has 22 heavy (non-hydrogen) atoms. The fourth-order valence-electron chi connectivity index (χ4n) is 3.29. The Morgan fingerprint density at radius 1 is 1.18 bits per heavy atom. The summed E-state index contributed by atoms with van der Waals surface area (Å²) >= 11 is 1.53. The minimum absolute atomic E-state index is 0.00209. The summed E-state index contributed by atoms with van der Waals surface area (Å²) in [5.74, 6) is 0.614. The Balaban J connectivity index is 1.58. The van der Waals surface area contributed by atoms with Crippen molar-refractivity contribution < 1.29 is 4.79 Å². The summed E-state index contributed by atoms with van der Waals surface area (Å²) < 4.78 is 0. The lowest BCUT2D eigenvalue weighted by Gasteiger charge is -2.25. The molecule has 0 aliphatic heterocycles. The van der Waals surface area contributed by atoms with Crippen molar-refractivity contribution in [2.45, 2.75) is 44.1 Å². The third kappa shape index (κ3) is 2.50. The molecule has 0 unspecified atom stereocenters. The molecule has 2 aliphatic rings. The highest BCUT2D eigenvalue weighted by atomic mass is 32.1. The van der Waals surface area contributed by atoms with Gasteiger partial charge in [-0.1, -0.05) is 0 Å². The molecule has 2 N–H and O–H groups in total. The number of amides is 1. The summed E-state index contributed by atoms with van der Waals surface area (Å²) in [4.78, 5) is 27.8. The number of rotatable bonds is 3. The van der Waals surface area contributed by atoms with E-state index in [9.17, 15) is 9.59 Å². The third-order valence-corrected chi connectivity index (χ3v) is 5.49. The number of aryl methyl sites for hydroxylation is 1. The fraction of sp³-hybridized carbons (Fsp3) is 0.412. The van der Waals surface area contributed by atoms with Gasteiger partial charge in [-0.05, 0) is 66.7 Å². The Bertz CT molecular complexity index is 773. The zero-order valence-corrected chi connectivity index (χ0v) is 13.0. The first-order valence-electron chi connectivity index (χ1n) is 7.83. The largest absolute Gasteiger partial charge is 0.344 e. The number of aromatic amines is 1. The van der Waals surface area contributed by atoms with E-state index < -0.39 is 0 Å².